The van der Waals surface area contributed by atoms with Crippen LogP contribution < -0.4 is 11.1 Å². The Morgan fingerprint density at radius 2 is 2.04 bits per heavy atom. The molecule has 24 heavy (non-hydrogen) atoms. The van der Waals surface area contributed by atoms with Gasteiger partial charge in [-0.1, -0.05) is 37.3 Å². The van der Waals surface area contributed by atoms with Crippen LogP contribution in [0, 0.1) is 0 Å². The highest BCUT2D eigenvalue weighted by atomic mass is 16.2. The second kappa shape index (κ2) is 9.85. The summed E-state index contributed by atoms with van der Waals surface area (Å²) in [5.41, 5.74) is 6.95. The van der Waals surface area contributed by atoms with E-state index in [2.05, 4.69) is 34.4 Å². The van der Waals surface area contributed by atoms with E-state index in [1.807, 2.05) is 28.9 Å². The third-order valence-corrected chi connectivity index (χ3v) is 3.79. The molecule has 0 atom stereocenters. The van der Waals surface area contributed by atoms with E-state index >= 15 is 0 Å². The number of nitrogens with two attached hydrogens (primary N) is 1. The summed E-state index contributed by atoms with van der Waals surface area (Å²) >= 11 is 0. The highest BCUT2D eigenvalue weighted by Crippen LogP contribution is 2.07. The van der Waals surface area contributed by atoms with Gasteiger partial charge < -0.3 is 11.1 Å². The molecular weight excluding hydrogens is 302 g/mol. The summed E-state index contributed by atoms with van der Waals surface area (Å²) in [6, 6.07) is 12.1. The maximum atomic E-state index is 12.3. The summed E-state index contributed by atoms with van der Waals surface area (Å²) in [4.78, 5) is 14.4. The first kappa shape index (κ1) is 18.2. The molecule has 130 valence electrons. The number of anilines is 1. The number of nitrogens with zero attached hydrogens (tertiary/aromatic N) is 3. The van der Waals surface area contributed by atoms with Crippen LogP contribution >= 0.6 is 0 Å². The summed E-state index contributed by atoms with van der Waals surface area (Å²) in [6.07, 6.45) is 3.58. The minimum absolute atomic E-state index is 0.0330. The standard InChI is InChI=1S/C18H27N5O/c1-2-12-23-17(8-11-20-23)21-18(24)15-22(14-10-19)13-9-16-6-4-3-5-7-16/h3-8,11H,2,9-10,12-15,19H2,1H3,(H,21,24). The highest BCUT2D eigenvalue weighted by molar-refractivity contribution is 5.91. The van der Waals surface area contributed by atoms with Crippen molar-refractivity contribution < 1.29 is 4.79 Å². The molecule has 0 saturated heterocycles. The maximum absolute atomic E-state index is 12.3. The molecule has 6 nitrogen and oxygen atoms in total. The zero-order chi connectivity index (χ0) is 17.2. The lowest BCUT2D eigenvalue weighted by Crippen LogP contribution is -2.38. The molecule has 0 spiro atoms. The predicted molar refractivity (Wildman–Crippen MR) is 96.8 cm³/mol. The van der Waals surface area contributed by atoms with Gasteiger partial charge in [0.1, 0.15) is 5.82 Å². The van der Waals surface area contributed by atoms with Gasteiger partial charge in [0.25, 0.3) is 0 Å². The number of carbonyl (C=O) groups excluding carboxylic acids is 1. The second-order valence-corrected chi connectivity index (χ2v) is 5.79. The van der Waals surface area contributed by atoms with Crippen LogP contribution in [0.1, 0.15) is 18.9 Å². The lowest BCUT2D eigenvalue weighted by Gasteiger charge is -2.21. The summed E-state index contributed by atoms with van der Waals surface area (Å²) < 4.78 is 1.81. The predicted octanol–water partition coefficient (Wildman–Crippen LogP) is 1.74. The smallest absolute Gasteiger partial charge is 0.239 e. The molecule has 0 saturated carbocycles. The van der Waals surface area contributed by atoms with Gasteiger partial charge >= 0.3 is 0 Å². The number of aromatic nitrogens is 2. The van der Waals surface area contributed by atoms with Gasteiger partial charge in [0.2, 0.25) is 5.91 Å². The maximum Gasteiger partial charge on any atom is 0.239 e. The summed E-state index contributed by atoms with van der Waals surface area (Å²) in [6.45, 7) is 5.26. The van der Waals surface area contributed by atoms with Crippen molar-refractivity contribution in [1.82, 2.24) is 14.7 Å². The normalized spacial score (nSPS) is 11.0. The number of benzene rings is 1. The zero-order valence-corrected chi connectivity index (χ0v) is 14.3. The number of nitrogens with one attached hydrogen (secondary N) is 1. The third-order valence-electron chi connectivity index (χ3n) is 3.79. The fraction of sp³-hybridized carbons (Fsp3) is 0.444. The molecule has 0 aliphatic heterocycles. The van der Waals surface area contributed by atoms with Crippen LogP contribution in [-0.2, 0) is 17.8 Å². The highest BCUT2D eigenvalue weighted by Gasteiger charge is 2.12. The van der Waals surface area contributed by atoms with Crippen LogP contribution in [-0.4, -0.2) is 46.8 Å². The van der Waals surface area contributed by atoms with Gasteiger partial charge in [0.05, 0.1) is 12.7 Å². The number of rotatable bonds is 10. The van der Waals surface area contributed by atoms with Crippen molar-refractivity contribution in [3.8, 4) is 0 Å². The van der Waals surface area contributed by atoms with Crippen LogP contribution in [0.25, 0.3) is 0 Å². The summed E-state index contributed by atoms with van der Waals surface area (Å²) in [7, 11) is 0. The van der Waals surface area contributed by atoms with E-state index in [1.54, 1.807) is 6.20 Å². The van der Waals surface area contributed by atoms with Crippen molar-refractivity contribution in [2.24, 2.45) is 5.73 Å². The Kier molecular flexibility index (Phi) is 7.45. The van der Waals surface area contributed by atoms with Crippen LogP contribution in [0.3, 0.4) is 0 Å². The SMILES string of the molecule is CCCn1nccc1NC(=O)CN(CCN)CCc1ccccc1. The van der Waals surface area contributed by atoms with Crippen LogP contribution in [0.5, 0.6) is 0 Å². The summed E-state index contributed by atoms with van der Waals surface area (Å²) in [5, 5.41) is 7.16. The van der Waals surface area contributed by atoms with Crippen molar-refractivity contribution in [1.29, 1.82) is 0 Å². The molecule has 1 aromatic heterocycles. The van der Waals surface area contributed by atoms with E-state index in [0.29, 0.717) is 19.6 Å². The first-order valence-corrected chi connectivity index (χ1v) is 8.51. The minimum atomic E-state index is -0.0330. The Hall–Kier alpha value is -2.18. The molecule has 1 amide bonds. The van der Waals surface area contributed by atoms with E-state index in [1.165, 1.54) is 5.56 Å². The fourth-order valence-electron chi connectivity index (χ4n) is 2.60. The van der Waals surface area contributed by atoms with Crippen LogP contribution in [0.4, 0.5) is 5.82 Å². The van der Waals surface area contributed by atoms with E-state index in [-0.39, 0.29) is 5.91 Å². The largest absolute Gasteiger partial charge is 0.329 e. The molecule has 0 aliphatic carbocycles. The van der Waals surface area contributed by atoms with Crippen LogP contribution in [0.15, 0.2) is 42.6 Å². The second-order valence-electron chi connectivity index (χ2n) is 5.79. The molecule has 1 aromatic carbocycles. The Balaban J connectivity index is 1.86. The summed E-state index contributed by atoms with van der Waals surface area (Å²) in [5.74, 6) is 0.715. The molecule has 0 radical (unpaired) electrons. The molecule has 3 N–H and O–H groups in total. The number of hydrogen-bond donors (Lipinski definition) is 2. The lowest BCUT2D eigenvalue weighted by atomic mass is 10.1. The van der Waals surface area contributed by atoms with Gasteiger partial charge in [-0.3, -0.25) is 9.69 Å². The first-order chi connectivity index (χ1) is 11.7. The molecule has 2 aromatic rings. The topological polar surface area (TPSA) is 76.2 Å². The average Bonchev–Trinajstić information content (AvgIpc) is 3.01. The van der Waals surface area contributed by atoms with Gasteiger partial charge in [0, 0.05) is 32.2 Å². The lowest BCUT2D eigenvalue weighted by molar-refractivity contribution is -0.117. The molecule has 2 rings (SSSR count). The fourth-order valence-corrected chi connectivity index (χ4v) is 2.60. The minimum Gasteiger partial charge on any atom is -0.329 e. The zero-order valence-electron chi connectivity index (χ0n) is 14.3. The van der Waals surface area contributed by atoms with E-state index in [0.717, 1.165) is 31.7 Å². The molecule has 0 bridgehead atoms. The van der Waals surface area contributed by atoms with E-state index < -0.39 is 0 Å². The molecule has 0 unspecified atom stereocenters. The van der Waals surface area contributed by atoms with Crippen molar-refractivity contribution in [2.75, 3.05) is 31.5 Å². The Bertz CT molecular complexity index is 611. The molecule has 1 heterocycles. The van der Waals surface area contributed by atoms with E-state index in [9.17, 15) is 4.79 Å². The Morgan fingerprint density at radius 1 is 1.25 bits per heavy atom. The van der Waals surface area contributed by atoms with E-state index in [4.69, 9.17) is 5.73 Å². The monoisotopic (exact) mass is 329 g/mol. The van der Waals surface area contributed by atoms with Gasteiger partial charge in [-0.25, -0.2) is 4.68 Å². The third kappa shape index (κ3) is 5.79. The molecular formula is C18H27N5O. The number of aryl methyl sites for hydroxylation is 1. The number of amides is 1. The number of carbonyl (C=O) groups is 1. The van der Waals surface area contributed by atoms with Crippen molar-refractivity contribution in [3.05, 3.63) is 48.2 Å². The molecule has 0 fully saturated rings. The van der Waals surface area contributed by atoms with Crippen molar-refractivity contribution in [2.45, 2.75) is 26.3 Å². The molecule has 0 aliphatic rings. The van der Waals surface area contributed by atoms with Gasteiger partial charge in [-0.2, -0.15) is 5.10 Å². The Labute approximate surface area is 143 Å². The van der Waals surface area contributed by atoms with Crippen molar-refractivity contribution in [3.63, 3.8) is 0 Å². The van der Waals surface area contributed by atoms with Crippen LogP contribution in [0.2, 0.25) is 0 Å². The van der Waals surface area contributed by atoms with Gasteiger partial charge in [0.15, 0.2) is 0 Å². The van der Waals surface area contributed by atoms with Gasteiger partial charge in [-0.05, 0) is 18.4 Å². The molecule has 6 heteroatoms. The number of hydrogen-bond acceptors (Lipinski definition) is 4. The quantitative estimate of drug-likeness (QED) is 0.696. The first-order valence-electron chi connectivity index (χ1n) is 8.51. The Morgan fingerprint density at radius 3 is 2.75 bits per heavy atom. The van der Waals surface area contributed by atoms with Gasteiger partial charge in [-0.15, -0.1) is 0 Å². The van der Waals surface area contributed by atoms with Crippen molar-refractivity contribution >= 4 is 11.7 Å². The average molecular weight is 329 g/mol.